The highest BCUT2D eigenvalue weighted by Crippen LogP contribution is 2.37. The number of aliphatic carboxylic acids is 1. The summed E-state index contributed by atoms with van der Waals surface area (Å²) < 4.78 is 17.2. The molecule has 0 spiro atoms. The normalized spacial score (nSPS) is 14.4. The van der Waals surface area contributed by atoms with Crippen LogP contribution >= 0.6 is 0 Å². The second-order valence-electron chi connectivity index (χ2n) is 6.78. The molecule has 0 saturated carbocycles. The Hall–Kier alpha value is -1.95. The number of nitrogens with two attached hydrogens (primary N) is 1. The van der Waals surface area contributed by atoms with Gasteiger partial charge in [-0.3, -0.25) is 4.79 Å². The van der Waals surface area contributed by atoms with Crippen LogP contribution < -0.4 is 19.9 Å². The van der Waals surface area contributed by atoms with E-state index in [9.17, 15) is 9.90 Å². The molecule has 0 aliphatic carbocycles. The van der Waals surface area contributed by atoms with E-state index >= 15 is 0 Å². The number of carbonyl (C=O) groups is 1. The SMILES string of the molecule is CCOc1cc(CCC(C)CC(C)(N)C(=O)O)c(OCC)c(OCC)c1. The smallest absolute Gasteiger partial charge is 0.323 e. The number of hydrogen-bond donors (Lipinski definition) is 2. The Morgan fingerprint density at radius 3 is 2.31 bits per heavy atom. The van der Waals surface area contributed by atoms with Crippen molar-refractivity contribution in [1.82, 2.24) is 0 Å². The molecule has 0 aliphatic rings. The second-order valence-corrected chi connectivity index (χ2v) is 6.78. The zero-order valence-electron chi connectivity index (χ0n) is 16.6. The zero-order valence-corrected chi connectivity index (χ0v) is 16.6. The number of benzene rings is 1. The third-order valence-electron chi connectivity index (χ3n) is 4.17. The van der Waals surface area contributed by atoms with Gasteiger partial charge in [-0.15, -0.1) is 0 Å². The summed E-state index contributed by atoms with van der Waals surface area (Å²) in [5.74, 6) is 1.34. The molecular weight excluding hydrogens is 334 g/mol. The van der Waals surface area contributed by atoms with Crippen LogP contribution in [0.25, 0.3) is 0 Å². The lowest BCUT2D eigenvalue weighted by molar-refractivity contribution is -0.143. The molecule has 0 heterocycles. The van der Waals surface area contributed by atoms with Gasteiger partial charge >= 0.3 is 5.97 Å². The van der Waals surface area contributed by atoms with Crippen molar-refractivity contribution in [3.8, 4) is 17.2 Å². The number of rotatable bonds is 12. The van der Waals surface area contributed by atoms with E-state index in [-0.39, 0.29) is 5.92 Å². The lowest BCUT2D eigenvalue weighted by atomic mass is 9.87. The summed E-state index contributed by atoms with van der Waals surface area (Å²) in [6.45, 7) is 11.0. The number of ether oxygens (including phenoxy) is 3. The van der Waals surface area contributed by atoms with Gasteiger partial charge in [0.15, 0.2) is 11.5 Å². The van der Waals surface area contributed by atoms with Crippen LogP contribution in [0.2, 0.25) is 0 Å². The van der Waals surface area contributed by atoms with Crippen LogP contribution in [-0.4, -0.2) is 36.4 Å². The van der Waals surface area contributed by atoms with Gasteiger partial charge in [0, 0.05) is 11.6 Å². The standard InChI is InChI=1S/C20H33NO5/c1-6-24-16-11-15(18(26-8-3)17(12-16)25-7-2)10-9-14(4)13-20(5,21)19(22)23/h11-12,14H,6-10,13,21H2,1-5H3,(H,22,23). The van der Waals surface area contributed by atoms with E-state index < -0.39 is 11.5 Å². The molecule has 2 unspecified atom stereocenters. The summed E-state index contributed by atoms with van der Waals surface area (Å²) in [6.07, 6.45) is 1.93. The van der Waals surface area contributed by atoms with Gasteiger partial charge in [-0.2, -0.15) is 0 Å². The summed E-state index contributed by atoms with van der Waals surface area (Å²) >= 11 is 0. The fraction of sp³-hybridized carbons (Fsp3) is 0.650. The van der Waals surface area contributed by atoms with E-state index in [0.29, 0.717) is 32.0 Å². The number of carboxylic acids is 1. The molecule has 3 N–H and O–H groups in total. The van der Waals surface area contributed by atoms with E-state index in [2.05, 4.69) is 0 Å². The highest BCUT2D eigenvalue weighted by Gasteiger charge is 2.29. The van der Waals surface area contributed by atoms with Gasteiger partial charge in [-0.25, -0.2) is 0 Å². The first kappa shape index (κ1) is 22.1. The molecule has 26 heavy (non-hydrogen) atoms. The molecule has 1 aromatic carbocycles. The average Bonchev–Trinajstić information content (AvgIpc) is 2.55. The van der Waals surface area contributed by atoms with Gasteiger partial charge in [0.25, 0.3) is 0 Å². The minimum atomic E-state index is -1.22. The van der Waals surface area contributed by atoms with Gasteiger partial charge < -0.3 is 25.1 Å². The second kappa shape index (κ2) is 10.3. The highest BCUT2D eigenvalue weighted by atomic mass is 16.5. The maximum atomic E-state index is 11.2. The summed E-state index contributed by atoms with van der Waals surface area (Å²) in [4.78, 5) is 11.2. The highest BCUT2D eigenvalue weighted by molar-refractivity contribution is 5.77. The van der Waals surface area contributed by atoms with E-state index in [1.165, 1.54) is 0 Å². The van der Waals surface area contributed by atoms with E-state index in [1.807, 2.05) is 39.8 Å². The molecule has 1 rings (SSSR count). The Kier molecular flexibility index (Phi) is 8.72. The molecule has 6 nitrogen and oxygen atoms in total. The fourth-order valence-electron chi connectivity index (χ4n) is 2.95. The largest absolute Gasteiger partial charge is 0.494 e. The summed E-state index contributed by atoms with van der Waals surface area (Å²) in [7, 11) is 0. The predicted octanol–water partition coefficient (Wildman–Crippen LogP) is 3.64. The molecule has 0 saturated heterocycles. The van der Waals surface area contributed by atoms with Crippen molar-refractivity contribution in [1.29, 1.82) is 0 Å². The van der Waals surface area contributed by atoms with Crippen molar-refractivity contribution in [3.05, 3.63) is 17.7 Å². The van der Waals surface area contributed by atoms with Crippen LogP contribution in [0.4, 0.5) is 0 Å². The van der Waals surface area contributed by atoms with Crippen molar-refractivity contribution < 1.29 is 24.1 Å². The Bertz CT molecular complexity index is 586. The van der Waals surface area contributed by atoms with E-state index in [4.69, 9.17) is 19.9 Å². The van der Waals surface area contributed by atoms with Crippen molar-refractivity contribution in [2.24, 2.45) is 11.7 Å². The summed E-state index contributed by atoms with van der Waals surface area (Å²) in [6, 6.07) is 3.83. The van der Waals surface area contributed by atoms with Crippen LogP contribution in [0.5, 0.6) is 17.2 Å². The average molecular weight is 367 g/mol. The van der Waals surface area contributed by atoms with Crippen molar-refractivity contribution in [2.45, 2.75) is 59.4 Å². The summed E-state index contributed by atoms with van der Waals surface area (Å²) in [5.41, 5.74) is 5.66. The molecule has 2 atom stereocenters. The number of hydrogen-bond acceptors (Lipinski definition) is 5. The van der Waals surface area contributed by atoms with Crippen molar-refractivity contribution >= 4 is 5.97 Å². The number of aryl methyl sites for hydroxylation is 1. The predicted molar refractivity (Wildman–Crippen MR) is 102 cm³/mol. The van der Waals surface area contributed by atoms with Crippen LogP contribution in [0, 0.1) is 5.92 Å². The molecule has 0 radical (unpaired) electrons. The van der Waals surface area contributed by atoms with Crippen molar-refractivity contribution in [2.75, 3.05) is 19.8 Å². The van der Waals surface area contributed by atoms with Gasteiger partial charge in [0.05, 0.1) is 19.8 Å². The molecule has 0 fully saturated rings. The monoisotopic (exact) mass is 367 g/mol. The molecule has 6 heteroatoms. The topological polar surface area (TPSA) is 91.0 Å². The third kappa shape index (κ3) is 6.41. The maximum absolute atomic E-state index is 11.2. The molecule has 0 aromatic heterocycles. The lowest BCUT2D eigenvalue weighted by Crippen LogP contribution is -2.46. The van der Waals surface area contributed by atoms with Gasteiger partial charge in [0.1, 0.15) is 11.3 Å². The lowest BCUT2D eigenvalue weighted by Gasteiger charge is -2.24. The Morgan fingerprint density at radius 2 is 1.77 bits per heavy atom. The van der Waals surface area contributed by atoms with Gasteiger partial charge in [0.2, 0.25) is 0 Å². The molecule has 0 amide bonds. The van der Waals surface area contributed by atoms with Crippen LogP contribution in [0.3, 0.4) is 0 Å². The first-order chi connectivity index (χ1) is 12.2. The Balaban J connectivity index is 2.99. The summed E-state index contributed by atoms with van der Waals surface area (Å²) in [5, 5.41) is 9.20. The first-order valence-corrected chi connectivity index (χ1v) is 9.32. The van der Waals surface area contributed by atoms with Gasteiger partial charge in [-0.05, 0) is 58.9 Å². The van der Waals surface area contributed by atoms with Gasteiger partial charge in [-0.1, -0.05) is 6.92 Å². The fourth-order valence-corrected chi connectivity index (χ4v) is 2.95. The zero-order chi connectivity index (χ0) is 19.7. The third-order valence-corrected chi connectivity index (χ3v) is 4.17. The Labute approximate surface area is 156 Å². The molecule has 1 aromatic rings. The van der Waals surface area contributed by atoms with Crippen molar-refractivity contribution in [3.63, 3.8) is 0 Å². The number of carboxylic acid groups (broad SMARTS) is 1. The minimum absolute atomic E-state index is 0.155. The molecule has 148 valence electrons. The minimum Gasteiger partial charge on any atom is -0.494 e. The van der Waals surface area contributed by atoms with Crippen LogP contribution in [-0.2, 0) is 11.2 Å². The van der Waals surface area contributed by atoms with Crippen LogP contribution in [0.1, 0.15) is 53.0 Å². The van der Waals surface area contributed by atoms with E-state index in [0.717, 1.165) is 29.9 Å². The molecule has 0 bridgehead atoms. The maximum Gasteiger partial charge on any atom is 0.323 e. The van der Waals surface area contributed by atoms with Crippen LogP contribution in [0.15, 0.2) is 12.1 Å². The quantitative estimate of drug-likeness (QED) is 0.586. The molecular formula is C20H33NO5. The Morgan fingerprint density at radius 1 is 1.15 bits per heavy atom. The van der Waals surface area contributed by atoms with E-state index in [1.54, 1.807) is 6.92 Å². The molecule has 0 aliphatic heterocycles. The first-order valence-electron chi connectivity index (χ1n) is 9.32.